The predicted octanol–water partition coefficient (Wildman–Crippen LogP) is 3.74. The van der Waals surface area contributed by atoms with Crippen molar-refractivity contribution >= 4 is 83.1 Å². The Labute approximate surface area is 530 Å². The number of hydrogen-bond donors (Lipinski definition) is 5. The number of carbonyl (C=O) groups excluding carboxylic acids is 11. The van der Waals surface area contributed by atoms with Crippen LogP contribution in [0.15, 0.2) is 12.2 Å². The van der Waals surface area contributed by atoms with Crippen molar-refractivity contribution in [1.29, 1.82) is 0 Å². The average Bonchev–Trinajstić information content (AvgIpc) is 1.67. The molecule has 0 aromatic carbocycles. The van der Waals surface area contributed by atoms with Crippen molar-refractivity contribution < 1.29 is 62.6 Å². The van der Waals surface area contributed by atoms with Crippen LogP contribution < -0.4 is 21.7 Å². The third-order valence-corrected chi connectivity index (χ3v) is 16.4. The number of nitrogens with zero attached hydrogens (tertiary/aromatic N) is 7. The van der Waals surface area contributed by atoms with Gasteiger partial charge in [-0.15, -0.1) is 0 Å². The third-order valence-electron chi connectivity index (χ3n) is 15.4. The lowest BCUT2D eigenvalue weighted by atomic mass is 9.94. The minimum Gasteiger partial charge on any atom is -0.481 e. The van der Waals surface area contributed by atoms with E-state index in [4.69, 9.17) is 10.8 Å². The number of aldehydes is 1. The Kier molecular flexibility index (Phi) is 37.0. The minimum atomic E-state index is -1.19. The summed E-state index contributed by atoms with van der Waals surface area (Å²) in [7, 11) is 10.2. The van der Waals surface area contributed by atoms with E-state index in [1.54, 1.807) is 27.7 Å². The summed E-state index contributed by atoms with van der Waals surface area (Å²) in [5.74, 6) is -7.03. The molecule has 0 radical (unpaired) electrons. The van der Waals surface area contributed by atoms with E-state index in [0.29, 0.717) is 30.6 Å². The van der Waals surface area contributed by atoms with Gasteiger partial charge in [-0.3, -0.25) is 52.7 Å². The fraction of sp³-hybridized carbons (Fsp3) is 0.778. The Morgan fingerprint density at radius 3 is 1.38 bits per heavy atom. The summed E-state index contributed by atoms with van der Waals surface area (Å²) >= 11 is 1.45. The summed E-state index contributed by atoms with van der Waals surface area (Å²) in [5, 5.41) is 17.2. The van der Waals surface area contributed by atoms with Crippen molar-refractivity contribution in [2.24, 2.45) is 47.2 Å². The molecule has 0 spiro atoms. The summed E-state index contributed by atoms with van der Waals surface area (Å²) in [5.41, 5.74) is 5.96. The van der Waals surface area contributed by atoms with Crippen LogP contribution in [0.3, 0.4) is 0 Å². The smallest absolute Gasteiger partial charge is 0.304 e. The first kappa shape index (κ1) is 81.9. The van der Waals surface area contributed by atoms with Crippen LogP contribution in [0.2, 0.25) is 0 Å². The summed E-state index contributed by atoms with van der Waals surface area (Å²) < 4.78 is 0. The molecule has 504 valence electrons. The zero-order chi connectivity index (χ0) is 68.4. The van der Waals surface area contributed by atoms with Gasteiger partial charge in [0.05, 0.1) is 31.6 Å². The Morgan fingerprint density at radius 2 is 0.920 bits per heavy atom. The van der Waals surface area contributed by atoms with Crippen LogP contribution in [0.4, 0.5) is 0 Å². The average molecular weight is 1260 g/mol. The molecule has 10 atom stereocenters. The monoisotopic (exact) mass is 1260 g/mol. The Hall–Kier alpha value is -6.11. The molecule has 0 aliphatic carbocycles. The lowest BCUT2D eigenvalue weighted by molar-refractivity contribution is -0.155. The lowest BCUT2D eigenvalue weighted by Crippen LogP contribution is -2.61. The van der Waals surface area contributed by atoms with E-state index in [2.05, 4.69) is 16.0 Å². The summed E-state index contributed by atoms with van der Waals surface area (Å²) in [6, 6.07) is -9.15. The first-order chi connectivity index (χ1) is 40.7. The highest BCUT2D eigenvalue weighted by Gasteiger charge is 2.43. The van der Waals surface area contributed by atoms with E-state index in [9.17, 15) is 52.7 Å². The number of carboxylic acid groups (broad SMARTS) is 1. The number of thioether (sulfide) groups is 1. The van der Waals surface area contributed by atoms with E-state index in [0.717, 1.165) is 4.90 Å². The normalized spacial score (nSPS) is 15.1. The second kappa shape index (κ2) is 39.8. The molecule has 6 N–H and O–H groups in total. The molecular weight excluding hydrogens is 1150 g/mol. The molecule has 0 saturated carbocycles. The van der Waals surface area contributed by atoms with Crippen LogP contribution in [-0.4, -0.2) is 239 Å². The van der Waals surface area contributed by atoms with Gasteiger partial charge in [0.2, 0.25) is 59.1 Å². The van der Waals surface area contributed by atoms with Crippen molar-refractivity contribution in [3.05, 3.63) is 12.2 Å². The van der Waals surface area contributed by atoms with Gasteiger partial charge in [0, 0.05) is 60.8 Å². The molecule has 0 saturated heterocycles. The molecule has 10 amide bonds. The number of likely N-dealkylation sites (N-methyl/N-ethyl adjacent to an activating group) is 7. The Morgan fingerprint density at radius 1 is 0.489 bits per heavy atom. The van der Waals surface area contributed by atoms with E-state index < -0.39 is 144 Å². The highest BCUT2D eigenvalue weighted by atomic mass is 32.2. The number of aliphatic carboxylic acids is 1. The minimum absolute atomic E-state index is 0.00700. The van der Waals surface area contributed by atoms with E-state index in [1.165, 1.54) is 104 Å². The number of amides is 10. The summed E-state index contributed by atoms with van der Waals surface area (Å²) in [6.45, 7) is 26.0. The van der Waals surface area contributed by atoms with Gasteiger partial charge in [0.25, 0.3) is 0 Å². The van der Waals surface area contributed by atoms with E-state index in [-0.39, 0.29) is 61.7 Å². The quantitative estimate of drug-likeness (QED) is 0.0332. The van der Waals surface area contributed by atoms with E-state index in [1.807, 2.05) is 74.5 Å². The van der Waals surface area contributed by atoms with Gasteiger partial charge in [0.1, 0.15) is 48.6 Å². The molecule has 25 heteroatoms. The van der Waals surface area contributed by atoms with Crippen molar-refractivity contribution in [2.75, 3.05) is 73.9 Å². The Bertz CT molecular complexity index is 2350. The number of rotatable bonds is 40. The third kappa shape index (κ3) is 27.3. The van der Waals surface area contributed by atoms with Gasteiger partial charge >= 0.3 is 5.97 Å². The molecule has 88 heavy (non-hydrogen) atoms. The van der Waals surface area contributed by atoms with Gasteiger partial charge in [-0.25, -0.2) is 0 Å². The number of nitrogens with two attached hydrogens (primary N) is 1. The Balaban J connectivity index is 6.99. The first-order valence-electron chi connectivity index (χ1n) is 31.0. The molecule has 24 nitrogen and oxygen atoms in total. The van der Waals surface area contributed by atoms with Crippen molar-refractivity contribution in [3.8, 4) is 0 Å². The molecule has 0 aliphatic heterocycles. The van der Waals surface area contributed by atoms with E-state index >= 15 is 4.79 Å². The van der Waals surface area contributed by atoms with Crippen molar-refractivity contribution in [2.45, 2.75) is 203 Å². The number of carbonyl (C=O) groups is 12. The highest BCUT2D eigenvalue weighted by Crippen LogP contribution is 2.25. The lowest BCUT2D eigenvalue weighted by Gasteiger charge is -2.40. The number of carboxylic acids is 1. The van der Waals surface area contributed by atoms with Gasteiger partial charge < -0.3 is 65.9 Å². The fourth-order valence-corrected chi connectivity index (χ4v) is 10.9. The molecule has 0 bridgehead atoms. The topological polar surface area (TPSA) is 310 Å². The molecule has 0 aliphatic rings. The van der Waals surface area contributed by atoms with Crippen LogP contribution in [0.1, 0.15) is 149 Å². The molecule has 0 aromatic rings. The summed E-state index contributed by atoms with van der Waals surface area (Å²) in [4.78, 5) is 173. The SMILES string of the molecule is CC(C)C[C@@H](C(=O)N[C@H](C(=O)N(C)[C@@H](CC(C)C)C(=O)N[C@@H](C)C=O)C(C)C)N(C)C(=O)CN(C)C(=O)CNC(=O)C(C[C@H](C)C/C=C/CSCCC(=O)O)N(C)C(=O)[C@H](C(C)C)N(C)C(=O)[C@H](CC(C)C)N(C)C(=O)[C@H](CC(C)C)N(C)C(=O)[C@H](C)N. The number of hydrogen-bond acceptors (Lipinski definition) is 14. The number of allylic oxidation sites excluding steroid dienone is 1. The van der Waals surface area contributed by atoms with Crippen molar-refractivity contribution in [1.82, 2.24) is 50.2 Å². The molecular formula is C63H113N11O13S. The molecule has 0 fully saturated rings. The second-order valence-electron chi connectivity index (χ2n) is 26.2. The molecule has 1 unspecified atom stereocenters. The molecule has 0 rings (SSSR count). The predicted molar refractivity (Wildman–Crippen MR) is 344 cm³/mol. The van der Waals surface area contributed by atoms with Gasteiger partial charge in [-0.1, -0.05) is 102 Å². The first-order valence-corrected chi connectivity index (χ1v) is 32.2. The van der Waals surface area contributed by atoms with Crippen LogP contribution >= 0.6 is 11.8 Å². The van der Waals surface area contributed by atoms with Gasteiger partial charge in [-0.05, 0) is 93.8 Å². The van der Waals surface area contributed by atoms with Crippen LogP contribution in [0, 0.1) is 41.4 Å². The zero-order valence-electron chi connectivity index (χ0n) is 57.2. The largest absolute Gasteiger partial charge is 0.481 e. The van der Waals surface area contributed by atoms with Gasteiger partial charge in [0.15, 0.2) is 0 Å². The standard InChI is InChI=1S/C63H113N11O13S/c1-37(2)29-46(58(82)67-54(41(9)10)62(86)70(18)47(30-38(3)4)57(81)66-44(14)36-75)69(17)52(77)35-68(16)51(76)34-65-56(80)48(33-43(13)25-23-24-27-88-28-26-53(78)79)71(19)63(87)55(42(11)12)74(22)61(85)50(32-40(7)8)73(21)60(84)49(31-39(5)6)72(20)59(83)45(15)64/h23-24,36-50,54-55H,25-35,64H2,1-22H3,(H,65,80)(H,66,81)(H,67,82)(H,78,79)/b24-23+/t43-,44+,45+,46+,47+,48?,49+,50+,54+,55+/m1/s1. The molecule has 0 aromatic heterocycles. The maximum atomic E-state index is 15.0. The molecule has 0 heterocycles. The fourth-order valence-electron chi connectivity index (χ4n) is 10.1. The van der Waals surface area contributed by atoms with Crippen LogP contribution in [0.5, 0.6) is 0 Å². The highest BCUT2D eigenvalue weighted by molar-refractivity contribution is 7.99. The number of nitrogens with one attached hydrogen (secondary N) is 3. The van der Waals surface area contributed by atoms with Crippen LogP contribution in [-0.2, 0) is 57.5 Å². The maximum absolute atomic E-state index is 15.0. The second-order valence-corrected chi connectivity index (χ2v) is 27.4. The van der Waals surface area contributed by atoms with Crippen molar-refractivity contribution in [3.63, 3.8) is 0 Å². The van der Waals surface area contributed by atoms with Crippen LogP contribution in [0.25, 0.3) is 0 Å². The van der Waals surface area contributed by atoms with Gasteiger partial charge in [-0.2, -0.15) is 11.8 Å². The summed E-state index contributed by atoms with van der Waals surface area (Å²) in [6.07, 6.45) is 5.97. The zero-order valence-corrected chi connectivity index (χ0v) is 58.0. The maximum Gasteiger partial charge on any atom is 0.304 e.